The summed E-state index contributed by atoms with van der Waals surface area (Å²) in [6, 6.07) is 0. The maximum absolute atomic E-state index is 4.87. The molecule has 0 saturated carbocycles. The minimum absolute atomic E-state index is 0.706. The third-order valence-corrected chi connectivity index (χ3v) is 2.57. The van der Waals surface area contributed by atoms with E-state index < -0.39 is 0 Å². The maximum atomic E-state index is 4.87. The molecule has 1 aromatic rings. The Morgan fingerprint density at radius 3 is 3.18 bits per heavy atom. The molecule has 1 aromatic heterocycles. The van der Waals surface area contributed by atoms with E-state index in [0.29, 0.717) is 6.61 Å². The number of aromatic nitrogens is 1. The zero-order chi connectivity index (χ0) is 8.10. The SMILES string of the molecule is COCCNc1nc(Br)cs1. The smallest absolute Gasteiger partial charge is 0.183 e. The number of rotatable bonds is 4. The quantitative estimate of drug-likeness (QED) is 0.813. The molecule has 0 aromatic carbocycles. The predicted octanol–water partition coefficient (Wildman–Crippen LogP) is 1.96. The van der Waals surface area contributed by atoms with Gasteiger partial charge in [0.25, 0.3) is 0 Å². The van der Waals surface area contributed by atoms with Crippen LogP contribution in [0.15, 0.2) is 9.98 Å². The molecule has 3 nitrogen and oxygen atoms in total. The fourth-order valence-electron chi connectivity index (χ4n) is 0.595. The van der Waals surface area contributed by atoms with Crippen molar-refractivity contribution in [1.82, 2.24) is 4.98 Å². The standard InChI is InChI=1S/C6H9BrN2OS/c1-10-3-2-8-6-9-5(7)4-11-6/h4H,2-3H2,1H3,(H,8,9). The molecular weight excluding hydrogens is 228 g/mol. The minimum Gasteiger partial charge on any atom is -0.383 e. The molecule has 11 heavy (non-hydrogen) atoms. The zero-order valence-corrected chi connectivity index (χ0v) is 8.54. The third kappa shape index (κ3) is 3.18. The van der Waals surface area contributed by atoms with Crippen LogP contribution in [0.2, 0.25) is 0 Å². The van der Waals surface area contributed by atoms with Crippen molar-refractivity contribution in [2.75, 3.05) is 25.6 Å². The lowest BCUT2D eigenvalue weighted by atomic mass is 10.7. The molecule has 1 rings (SSSR count). The summed E-state index contributed by atoms with van der Waals surface area (Å²) in [6.45, 7) is 1.51. The molecule has 0 atom stereocenters. The Labute approximate surface area is 77.9 Å². The van der Waals surface area contributed by atoms with E-state index in [1.807, 2.05) is 5.38 Å². The molecule has 0 bridgehead atoms. The minimum atomic E-state index is 0.706. The van der Waals surface area contributed by atoms with Gasteiger partial charge in [0.15, 0.2) is 5.13 Å². The largest absolute Gasteiger partial charge is 0.383 e. The highest BCUT2D eigenvalue weighted by molar-refractivity contribution is 9.10. The molecule has 62 valence electrons. The fourth-order valence-corrected chi connectivity index (χ4v) is 1.77. The number of thiazole rings is 1. The van der Waals surface area contributed by atoms with Gasteiger partial charge in [-0.15, -0.1) is 11.3 Å². The monoisotopic (exact) mass is 236 g/mol. The lowest BCUT2D eigenvalue weighted by Gasteiger charge is -1.99. The van der Waals surface area contributed by atoms with Crippen LogP contribution < -0.4 is 5.32 Å². The Balaban J connectivity index is 2.27. The summed E-state index contributed by atoms with van der Waals surface area (Å²) in [5.41, 5.74) is 0. The van der Waals surface area contributed by atoms with Gasteiger partial charge < -0.3 is 10.1 Å². The molecular formula is C6H9BrN2OS. The van der Waals surface area contributed by atoms with Crippen molar-refractivity contribution in [2.45, 2.75) is 0 Å². The van der Waals surface area contributed by atoms with E-state index in [4.69, 9.17) is 4.74 Å². The number of nitrogens with one attached hydrogen (secondary N) is 1. The van der Waals surface area contributed by atoms with Crippen LogP contribution in [0.5, 0.6) is 0 Å². The average Bonchev–Trinajstić information content (AvgIpc) is 2.37. The predicted molar refractivity (Wildman–Crippen MR) is 50.2 cm³/mol. The van der Waals surface area contributed by atoms with Crippen molar-refractivity contribution in [3.05, 3.63) is 9.98 Å². The summed E-state index contributed by atoms with van der Waals surface area (Å²) >= 11 is 4.84. The third-order valence-electron chi connectivity index (χ3n) is 1.06. The molecule has 0 aliphatic heterocycles. The normalized spacial score (nSPS) is 10.0. The number of ether oxygens (including phenoxy) is 1. The van der Waals surface area contributed by atoms with Crippen LogP contribution in [-0.4, -0.2) is 25.2 Å². The Hall–Kier alpha value is -0.130. The van der Waals surface area contributed by atoms with Gasteiger partial charge in [-0.25, -0.2) is 4.98 Å². The fraction of sp³-hybridized carbons (Fsp3) is 0.500. The van der Waals surface area contributed by atoms with Gasteiger partial charge in [-0.1, -0.05) is 0 Å². The Morgan fingerprint density at radius 1 is 1.82 bits per heavy atom. The van der Waals surface area contributed by atoms with Crippen molar-refractivity contribution in [2.24, 2.45) is 0 Å². The second-order valence-corrected chi connectivity index (χ2v) is 3.57. The van der Waals surface area contributed by atoms with Crippen molar-refractivity contribution in [3.8, 4) is 0 Å². The molecule has 0 saturated heterocycles. The molecule has 1 N–H and O–H groups in total. The molecule has 0 spiro atoms. The van der Waals surface area contributed by atoms with E-state index in [-0.39, 0.29) is 0 Å². The van der Waals surface area contributed by atoms with Crippen molar-refractivity contribution < 1.29 is 4.74 Å². The van der Waals surface area contributed by atoms with Crippen molar-refractivity contribution in [3.63, 3.8) is 0 Å². The first kappa shape index (κ1) is 8.96. The molecule has 5 heteroatoms. The maximum Gasteiger partial charge on any atom is 0.183 e. The van der Waals surface area contributed by atoms with Gasteiger partial charge in [0.1, 0.15) is 4.60 Å². The first-order valence-corrected chi connectivity index (χ1v) is 4.84. The van der Waals surface area contributed by atoms with Crippen LogP contribution in [0.1, 0.15) is 0 Å². The number of hydrogen-bond donors (Lipinski definition) is 1. The lowest BCUT2D eigenvalue weighted by molar-refractivity contribution is 0.211. The Morgan fingerprint density at radius 2 is 2.64 bits per heavy atom. The van der Waals surface area contributed by atoms with Crippen molar-refractivity contribution in [1.29, 1.82) is 0 Å². The number of halogens is 1. The first-order valence-electron chi connectivity index (χ1n) is 3.17. The number of nitrogens with zero attached hydrogens (tertiary/aromatic N) is 1. The molecule has 0 radical (unpaired) electrons. The number of hydrogen-bond acceptors (Lipinski definition) is 4. The van der Waals surface area contributed by atoms with E-state index in [9.17, 15) is 0 Å². The highest BCUT2D eigenvalue weighted by atomic mass is 79.9. The van der Waals surface area contributed by atoms with Gasteiger partial charge in [-0.3, -0.25) is 0 Å². The Bertz CT molecular complexity index is 216. The molecule has 0 fully saturated rings. The van der Waals surface area contributed by atoms with E-state index >= 15 is 0 Å². The van der Waals surface area contributed by atoms with E-state index in [1.54, 1.807) is 18.4 Å². The highest BCUT2D eigenvalue weighted by Crippen LogP contribution is 2.18. The van der Waals surface area contributed by atoms with Crippen LogP contribution >= 0.6 is 27.3 Å². The number of anilines is 1. The van der Waals surface area contributed by atoms with E-state index in [0.717, 1.165) is 16.3 Å². The summed E-state index contributed by atoms with van der Waals surface area (Å²) in [5.74, 6) is 0. The molecule has 0 aliphatic carbocycles. The van der Waals surface area contributed by atoms with Crippen LogP contribution in [0.4, 0.5) is 5.13 Å². The second kappa shape index (κ2) is 4.69. The average molecular weight is 237 g/mol. The molecule has 0 aliphatic rings. The zero-order valence-electron chi connectivity index (χ0n) is 6.13. The van der Waals surface area contributed by atoms with Gasteiger partial charge >= 0.3 is 0 Å². The van der Waals surface area contributed by atoms with Crippen molar-refractivity contribution >= 4 is 32.4 Å². The van der Waals surface area contributed by atoms with E-state index in [1.165, 1.54) is 0 Å². The van der Waals surface area contributed by atoms with Gasteiger partial charge in [-0.05, 0) is 15.9 Å². The topological polar surface area (TPSA) is 34.1 Å². The van der Waals surface area contributed by atoms with Crippen LogP contribution in [0.3, 0.4) is 0 Å². The number of methoxy groups -OCH3 is 1. The summed E-state index contributed by atoms with van der Waals surface area (Å²) in [6.07, 6.45) is 0. The summed E-state index contributed by atoms with van der Waals surface area (Å²) in [7, 11) is 1.68. The first-order chi connectivity index (χ1) is 5.33. The van der Waals surface area contributed by atoms with Gasteiger partial charge in [0.2, 0.25) is 0 Å². The summed E-state index contributed by atoms with van der Waals surface area (Å²) in [5, 5.41) is 5.98. The molecule has 0 unspecified atom stereocenters. The highest BCUT2D eigenvalue weighted by Gasteiger charge is 1.96. The van der Waals surface area contributed by atoms with Gasteiger partial charge in [-0.2, -0.15) is 0 Å². The molecule has 0 amide bonds. The summed E-state index contributed by atoms with van der Waals surface area (Å²) < 4.78 is 5.75. The summed E-state index contributed by atoms with van der Waals surface area (Å²) in [4.78, 5) is 4.15. The van der Waals surface area contributed by atoms with Gasteiger partial charge in [0, 0.05) is 19.0 Å². The lowest BCUT2D eigenvalue weighted by Crippen LogP contribution is -2.06. The van der Waals surface area contributed by atoms with E-state index in [2.05, 4.69) is 26.2 Å². The Kier molecular flexibility index (Phi) is 3.82. The van der Waals surface area contributed by atoms with Gasteiger partial charge in [0.05, 0.1) is 6.61 Å². The van der Waals surface area contributed by atoms with Crippen LogP contribution in [0, 0.1) is 0 Å². The van der Waals surface area contributed by atoms with Crippen LogP contribution in [-0.2, 0) is 4.74 Å². The van der Waals surface area contributed by atoms with Crippen LogP contribution in [0.25, 0.3) is 0 Å². The second-order valence-electron chi connectivity index (χ2n) is 1.89. The molecule has 1 heterocycles.